The van der Waals surface area contributed by atoms with E-state index >= 15 is 0 Å². The van der Waals surface area contributed by atoms with Crippen LogP contribution in [0.4, 0.5) is 0 Å². The minimum absolute atomic E-state index is 0.314. The first-order chi connectivity index (χ1) is 11.2. The van der Waals surface area contributed by atoms with Gasteiger partial charge in [-0.2, -0.15) is 6.61 Å². The summed E-state index contributed by atoms with van der Waals surface area (Å²) in [5.41, 5.74) is 0.314. The van der Waals surface area contributed by atoms with Gasteiger partial charge in [-0.25, -0.2) is 4.57 Å². The van der Waals surface area contributed by atoms with E-state index in [2.05, 4.69) is 29.0 Å². The predicted molar refractivity (Wildman–Crippen MR) is 78.8 cm³/mol. The second kappa shape index (κ2) is 11.8. The van der Waals surface area contributed by atoms with Crippen LogP contribution in [-0.4, -0.2) is 62.5 Å². The van der Waals surface area contributed by atoms with Gasteiger partial charge in [-0.1, -0.05) is 0 Å². The Morgan fingerprint density at radius 1 is 1.46 bits per heavy atom. The molecule has 24 heavy (non-hydrogen) atoms. The van der Waals surface area contributed by atoms with E-state index in [0.717, 1.165) is 6.61 Å². The Bertz CT molecular complexity index is 502. The van der Waals surface area contributed by atoms with E-state index in [0.29, 0.717) is 12.2 Å². The van der Waals surface area contributed by atoms with Gasteiger partial charge in [-0.05, 0) is 6.10 Å². The topological polar surface area (TPSA) is 143 Å². The monoisotopic (exact) mass is 408 g/mol. The molecule has 0 spiro atoms. The molecule has 11 heteroatoms. The van der Waals surface area contributed by atoms with Gasteiger partial charge in [0, 0.05) is 0 Å². The van der Waals surface area contributed by atoms with Crippen LogP contribution in [0, 0.1) is 13.2 Å². The third-order valence-electron chi connectivity index (χ3n) is 2.42. The molecule has 4 N–H and O–H groups in total. The number of esters is 1. The van der Waals surface area contributed by atoms with Crippen molar-refractivity contribution >= 4 is 18.8 Å². The Kier molecular flexibility index (Phi) is 11.4. The summed E-state index contributed by atoms with van der Waals surface area (Å²) in [6, 6.07) is 0. The Balaban J connectivity index is 0.000000449. The summed E-state index contributed by atoms with van der Waals surface area (Å²) < 4.78 is 23.7. The van der Waals surface area contributed by atoms with Crippen LogP contribution in [0.1, 0.15) is 6.92 Å². The number of carbonyl (C=O) groups is 1. The molecule has 0 aromatic carbocycles. The Labute approximate surface area is 147 Å². The fourth-order valence-electron chi connectivity index (χ4n) is 1.32. The zero-order valence-corrected chi connectivity index (χ0v) is 14.5. The van der Waals surface area contributed by atoms with Crippen molar-refractivity contribution < 1.29 is 58.4 Å². The second-order valence-corrected chi connectivity index (χ2v) is 5.73. The Morgan fingerprint density at radius 3 is 2.46 bits per heavy atom. The van der Waals surface area contributed by atoms with Gasteiger partial charge in [0.2, 0.25) is 0 Å². The molecule has 1 aliphatic heterocycles. The molecule has 0 bridgehead atoms. The van der Waals surface area contributed by atoms with Gasteiger partial charge < -0.3 is 24.7 Å². The third-order valence-corrected chi connectivity index (χ3v) is 3.21. The molecule has 1 rings (SSSR count). The SMILES string of the molecule is O=P(O)(O)OC[C@H]1O[CH-]C(O)C1O.[CH-]=C/C=C(\[CH]=[Ni])C(=O)OCC. The van der Waals surface area contributed by atoms with E-state index in [1.165, 1.54) is 17.1 Å². The number of ether oxygens (including phenoxy) is 2. The van der Waals surface area contributed by atoms with Crippen molar-refractivity contribution in [1.82, 2.24) is 0 Å². The molecule has 0 radical (unpaired) electrons. The zero-order valence-electron chi connectivity index (χ0n) is 12.6. The van der Waals surface area contributed by atoms with E-state index < -0.39 is 38.7 Å². The number of allylic oxidation sites excluding steroid dienone is 2. The van der Waals surface area contributed by atoms with Gasteiger partial charge in [-0.15, -0.1) is 0 Å². The summed E-state index contributed by atoms with van der Waals surface area (Å²) in [6.45, 7) is 7.65. The van der Waals surface area contributed by atoms with Crippen molar-refractivity contribution in [3.8, 4) is 0 Å². The van der Waals surface area contributed by atoms with E-state index in [4.69, 9.17) is 26.6 Å². The number of hydrogen-bond acceptors (Lipinski definition) is 7. The maximum atomic E-state index is 10.9. The number of rotatable bonds is 7. The summed E-state index contributed by atoms with van der Waals surface area (Å²) in [5, 5.41) is 18.0. The van der Waals surface area contributed by atoms with Crippen LogP contribution in [0.25, 0.3) is 0 Å². The Morgan fingerprint density at radius 2 is 2.08 bits per heavy atom. The van der Waals surface area contributed by atoms with Crippen molar-refractivity contribution in [3.63, 3.8) is 0 Å². The molecule has 1 fully saturated rings. The molecule has 3 atom stereocenters. The molecule has 0 aromatic heterocycles. The summed E-state index contributed by atoms with van der Waals surface area (Å²) in [7, 11) is -4.55. The normalized spacial score (nSPS) is 24.0. The van der Waals surface area contributed by atoms with Gasteiger partial charge in [0.25, 0.3) is 0 Å². The van der Waals surface area contributed by atoms with Crippen LogP contribution < -0.4 is 0 Å². The van der Waals surface area contributed by atoms with Gasteiger partial charge in [0.1, 0.15) is 0 Å². The standard InChI is InChI=1S/C8H9O2.C5H10O7P.Ni/c1-4-6-7(3)8(9)10-5-2;6-3-1-11-4(5(3)7)2-12-13(8,9)10;/h1,3-4,6H,5H2,2H3;1,3-7H,2H2,(H2,8,9,10);/q2*-1;/b7-6+;;/t;3?,4-,5?;/m.1./s1. The molecule has 1 aliphatic rings. The molecule has 9 nitrogen and oxygen atoms in total. The fraction of sp³-hybridized carbons (Fsp3) is 0.462. The van der Waals surface area contributed by atoms with Crippen molar-refractivity contribution in [3.05, 3.63) is 30.9 Å². The van der Waals surface area contributed by atoms with Gasteiger partial charge in [0.05, 0.1) is 18.8 Å². The second-order valence-electron chi connectivity index (χ2n) is 4.20. The van der Waals surface area contributed by atoms with E-state index in [-0.39, 0.29) is 0 Å². The summed E-state index contributed by atoms with van der Waals surface area (Å²) in [6.07, 6.45) is -0.636. The number of aliphatic hydroxyl groups is 2. The van der Waals surface area contributed by atoms with Crippen LogP contribution in [0.15, 0.2) is 17.7 Å². The summed E-state index contributed by atoms with van der Waals surface area (Å²) >= 11 is 4.28. The van der Waals surface area contributed by atoms with Crippen LogP contribution in [0.5, 0.6) is 0 Å². The zero-order chi connectivity index (χ0) is 18.8. The molecule has 0 aromatic rings. The quantitative estimate of drug-likeness (QED) is 0.106. The van der Waals surface area contributed by atoms with Crippen LogP contribution >= 0.6 is 7.82 Å². The van der Waals surface area contributed by atoms with Crippen molar-refractivity contribution in [2.75, 3.05) is 13.2 Å². The average molecular weight is 409 g/mol. The van der Waals surface area contributed by atoms with Crippen molar-refractivity contribution in [2.24, 2.45) is 0 Å². The van der Waals surface area contributed by atoms with Crippen LogP contribution in [0.2, 0.25) is 0 Å². The number of aliphatic hydroxyl groups excluding tert-OH is 2. The Hall–Kier alpha value is -0.696. The summed E-state index contributed by atoms with van der Waals surface area (Å²) in [4.78, 5) is 28.8. The maximum absolute atomic E-state index is 10.9. The predicted octanol–water partition coefficient (Wildman–Crippen LogP) is -0.808. The first-order valence-electron chi connectivity index (χ1n) is 6.53. The van der Waals surface area contributed by atoms with Crippen LogP contribution in [0.3, 0.4) is 0 Å². The molecule has 0 aliphatic carbocycles. The molecule has 2 unspecified atom stereocenters. The van der Waals surface area contributed by atoms with E-state index in [1.54, 1.807) is 6.92 Å². The first-order valence-corrected chi connectivity index (χ1v) is 8.63. The molecular formula is C13H19NiO9P-2. The van der Waals surface area contributed by atoms with Crippen LogP contribution in [-0.2, 0) is 38.4 Å². The number of carbonyl (C=O) groups excluding carboxylic acids is 1. The molecular weight excluding hydrogens is 390 g/mol. The molecule has 1 saturated heterocycles. The minimum atomic E-state index is -4.55. The summed E-state index contributed by atoms with van der Waals surface area (Å²) in [5.74, 6) is -0.430. The van der Waals surface area contributed by atoms with Crippen molar-refractivity contribution in [2.45, 2.75) is 25.2 Å². The van der Waals surface area contributed by atoms with Crippen molar-refractivity contribution in [1.29, 1.82) is 0 Å². The molecule has 1 heterocycles. The average Bonchev–Trinajstić information content (AvgIpc) is 2.82. The number of hydrogen-bond donors (Lipinski definition) is 4. The van der Waals surface area contributed by atoms with Gasteiger partial charge >= 0.3 is 81.2 Å². The number of phosphoric acid groups is 1. The third kappa shape index (κ3) is 9.56. The molecule has 0 amide bonds. The molecule has 142 valence electrons. The van der Waals surface area contributed by atoms with E-state index in [9.17, 15) is 9.36 Å². The van der Waals surface area contributed by atoms with E-state index in [1.807, 2.05) is 0 Å². The number of phosphoric ester groups is 1. The first kappa shape index (κ1) is 23.3. The fourth-order valence-corrected chi connectivity index (χ4v) is 1.88. The van der Waals surface area contributed by atoms with Gasteiger partial charge in [-0.3, -0.25) is 4.52 Å². The van der Waals surface area contributed by atoms with Gasteiger partial charge in [0.15, 0.2) is 0 Å². The molecule has 0 saturated carbocycles.